The zero-order valence-corrected chi connectivity index (χ0v) is 9.08. The van der Waals surface area contributed by atoms with E-state index in [-0.39, 0.29) is 12.6 Å². The van der Waals surface area contributed by atoms with Gasteiger partial charge in [-0.25, -0.2) is 4.72 Å². The number of nitrogens with zero attached hydrogens (tertiary/aromatic N) is 3. The van der Waals surface area contributed by atoms with Crippen molar-refractivity contribution in [2.75, 3.05) is 13.1 Å². The monoisotopic (exact) mass is 221 g/mol. The van der Waals surface area contributed by atoms with Crippen molar-refractivity contribution in [2.45, 2.75) is 26.3 Å². The third kappa shape index (κ3) is 7.81. The Balaban J connectivity index is 3.71. The molecule has 0 unspecified atom stereocenters. The fraction of sp³-hybridized carbons (Fsp3) is 1.00. The van der Waals surface area contributed by atoms with Gasteiger partial charge in [-0.3, -0.25) is 0 Å². The first-order chi connectivity index (χ1) is 6.48. The van der Waals surface area contributed by atoms with Crippen LogP contribution in [0.4, 0.5) is 0 Å². The molecule has 0 bridgehead atoms. The smallest absolute Gasteiger partial charge is 0.202 e. The van der Waals surface area contributed by atoms with Gasteiger partial charge in [-0.05, 0) is 25.8 Å². The Kier molecular flexibility index (Phi) is 6.22. The Hall–Kier alpha value is -0.820. The predicted molar refractivity (Wildman–Crippen MR) is 53.8 cm³/mol. The van der Waals surface area contributed by atoms with Gasteiger partial charge in [-0.15, -0.1) is 0 Å². The van der Waals surface area contributed by atoms with Gasteiger partial charge in [0.2, 0.25) is 0 Å². The molecule has 0 aliphatic carbocycles. The minimum absolute atomic E-state index is 0.135. The van der Waals surface area contributed by atoms with Crippen LogP contribution in [0.1, 0.15) is 20.3 Å². The zero-order chi connectivity index (χ0) is 11.0. The van der Waals surface area contributed by atoms with Crippen LogP contribution in [0.2, 0.25) is 0 Å². The first-order valence-electron chi connectivity index (χ1n) is 4.25. The Morgan fingerprint density at radius 1 is 1.50 bits per heavy atom. The predicted octanol–water partition coefficient (Wildman–Crippen LogP) is 0.519. The summed E-state index contributed by atoms with van der Waals surface area (Å²) in [6.45, 7) is 4.03. The maximum absolute atomic E-state index is 11.1. The summed E-state index contributed by atoms with van der Waals surface area (Å²) in [5.74, 6) is 0. The van der Waals surface area contributed by atoms with E-state index in [9.17, 15) is 8.42 Å². The Labute approximate surface area is 83.7 Å². The van der Waals surface area contributed by atoms with Crippen molar-refractivity contribution < 1.29 is 8.42 Å². The molecule has 8 heteroatoms. The second-order valence-electron chi connectivity index (χ2n) is 2.98. The molecule has 0 aliphatic rings. The van der Waals surface area contributed by atoms with E-state index in [1.165, 1.54) is 0 Å². The number of hydrogen-bond acceptors (Lipinski definition) is 3. The first-order valence-corrected chi connectivity index (χ1v) is 5.74. The summed E-state index contributed by atoms with van der Waals surface area (Å²) in [7, 11) is -3.40. The van der Waals surface area contributed by atoms with Gasteiger partial charge in [0.25, 0.3) is 10.2 Å². The van der Waals surface area contributed by atoms with Gasteiger partial charge < -0.3 is 0 Å². The maximum Gasteiger partial charge on any atom is 0.277 e. The van der Waals surface area contributed by atoms with E-state index >= 15 is 0 Å². The normalized spacial score (nSPS) is 11.4. The highest BCUT2D eigenvalue weighted by Gasteiger charge is 2.09. The molecule has 0 radical (unpaired) electrons. The molecule has 82 valence electrons. The van der Waals surface area contributed by atoms with Gasteiger partial charge in [0.1, 0.15) is 0 Å². The van der Waals surface area contributed by atoms with Gasteiger partial charge >= 0.3 is 0 Å². The fourth-order valence-corrected chi connectivity index (χ4v) is 1.87. The van der Waals surface area contributed by atoms with Crippen LogP contribution in [0.15, 0.2) is 5.11 Å². The highest BCUT2D eigenvalue weighted by atomic mass is 32.2. The number of hydrogen-bond donors (Lipinski definition) is 2. The molecule has 0 saturated heterocycles. The molecule has 0 fully saturated rings. The molecule has 0 spiro atoms. The van der Waals surface area contributed by atoms with Crippen LogP contribution in [0, 0.1) is 0 Å². The van der Waals surface area contributed by atoms with Crippen LogP contribution < -0.4 is 9.44 Å². The topological polar surface area (TPSA) is 107 Å². The molecule has 0 saturated carbocycles. The molecular weight excluding hydrogens is 206 g/mol. The van der Waals surface area contributed by atoms with E-state index in [1.807, 2.05) is 0 Å². The van der Waals surface area contributed by atoms with Crippen LogP contribution in [-0.2, 0) is 10.2 Å². The minimum Gasteiger partial charge on any atom is -0.202 e. The van der Waals surface area contributed by atoms with E-state index in [2.05, 4.69) is 19.5 Å². The van der Waals surface area contributed by atoms with Crippen LogP contribution in [-0.4, -0.2) is 27.5 Å². The Morgan fingerprint density at radius 3 is 2.64 bits per heavy atom. The fourth-order valence-electron chi connectivity index (χ4n) is 0.753. The van der Waals surface area contributed by atoms with Crippen molar-refractivity contribution in [1.29, 1.82) is 0 Å². The largest absolute Gasteiger partial charge is 0.277 e. The lowest BCUT2D eigenvalue weighted by molar-refractivity contribution is 0.553. The van der Waals surface area contributed by atoms with Gasteiger partial charge in [0.05, 0.1) is 0 Å². The van der Waals surface area contributed by atoms with Crippen molar-refractivity contribution in [3.05, 3.63) is 10.4 Å². The molecule has 14 heavy (non-hydrogen) atoms. The molecular formula is C6H15N5O2S. The lowest BCUT2D eigenvalue weighted by Crippen LogP contribution is -2.40. The van der Waals surface area contributed by atoms with Gasteiger partial charge in [-0.2, -0.15) is 13.1 Å². The van der Waals surface area contributed by atoms with Crippen molar-refractivity contribution in [3.63, 3.8) is 0 Å². The molecule has 2 N–H and O–H groups in total. The summed E-state index contributed by atoms with van der Waals surface area (Å²) >= 11 is 0. The van der Waals surface area contributed by atoms with E-state index in [4.69, 9.17) is 5.53 Å². The van der Waals surface area contributed by atoms with E-state index in [0.29, 0.717) is 13.0 Å². The molecule has 0 aromatic rings. The summed E-state index contributed by atoms with van der Waals surface area (Å²) < 4.78 is 27.0. The van der Waals surface area contributed by atoms with Gasteiger partial charge in [0, 0.05) is 24.0 Å². The molecule has 0 aromatic heterocycles. The van der Waals surface area contributed by atoms with E-state index in [0.717, 1.165) is 0 Å². The quantitative estimate of drug-likeness (QED) is 0.283. The highest BCUT2D eigenvalue weighted by molar-refractivity contribution is 7.87. The summed E-state index contributed by atoms with van der Waals surface area (Å²) in [5, 5.41) is 3.28. The average molecular weight is 221 g/mol. The number of azide groups is 1. The molecule has 7 nitrogen and oxygen atoms in total. The molecule has 0 aliphatic heterocycles. The molecule has 0 heterocycles. The third-order valence-corrected chi connectivity index (χ3v) is 2.55. The lowest BCUT2D eigenvalue weighted by atomic mass is 10.4. The second kappa shape index (κ2) is 6.61. The summed E-state index contributed by atoms with van der Waals surface area (Å²) in [4.78, 5) is 2.55. The average Bonchev–Trinajstić information content (AvgIpc) is 2.01. The van der Waals surface area contributed by atoms with Crippen LogP contribution in [0.25, 0.3) is 10.4 Å². The summed E-state index contributed by atoms with van der Waals surface area (Å²) in [6.07, 6.45) is 0.489. The highest BCUT2D eigenvalue weighted by Crippen LogP contribution is 1.85. The maximum atomic E-state index is 11.1. The van der Waals surface area contributed by atoms with E-state index in [1.54, 1.807) is 13.8 Å². The van der Waals surface area contributed by atoms with Crippen LogP contribution in [0.3, 0.4) is 0 Å². The van der Waals surface area contributed by atoms with Crippen molar-refractivity contribution in [1.82, 2.24) is 9.44 Å². The summed E-state index contributed by atoms with van der Waals surface area (Å²) in [6, 6.07) is -0.135. The minimum atomic E-state index is -3.40. The lowest BCUT2D eigenvalue weighted by Gasteiger charge is -2.09. The van der Waals surface area contributed by atoms with Gasteiger partial charge in [-0.1, -0.05) is 5.11 Å². The third-order valence-electron chi connectivity index (χ3n) is 1.18. The first kappa shape index (κ1) is 13.2. The standard InChI is InChI=1S/C6H15N5O2S/c1-6(2)10-14(12,13)9-5-3-4-8-11-7/h6,9-10H,3-5H2,1-2H3. The Morgan fingerprint density at radius 2 is 2.14 bits per heavy atom. The number of nitrogens with one attached hydrogen (secondary N) is 2. The zero-order valence-electron chi connectivity index (χ0n) is 8.27. The Bertz CT molecular complexity index is 293. The second-order valence-corrected chi connectivity index (χ2v) is 4.51. The van der Waals surface area contributed by atoms with Gasteiger partial charge in [0.15, 0.2) is 0 Å². The van der Waals surface area contributed by atoms with Crippen molar-refractivity contribution in [3.8, 4) is 0 Å². The van der Waals surface area contributed by atoms with Crippen molar-refractivity contribution in [2.24, 2.45) is 5.11 Å². The van der Waals surface area contributed by atoms with Crippen LogP contribution >= 0.6 is 0 Å². The summed E-state index contributed by atoms with van der Waals surface area (Å²) in [5.41, 5.74) is 7.95. The number of rotatable bonds is 7. The van der Waals surface area contributed by atoms with Crippen molar-refractivity contribution >= 4 is 10.2 Å². The van der Waals surface area contributed by atoms with Crippen LogP contribution in [0.5, 0.6) is 0 Å². The molecule has 0 rings (SSSR count). The molecule has 0 atom stereocenters. The molecule has 0 aromatic carbocycles. The molecule has 0 amide bonds. The SMILES string of the molecule is CC(C)NS(=O)(=O)NCCCN=[N+]=[N-]. The van der Waals surface area contributed by atoms with E-state index < -0.39 is 10.2 Å².